The number of benzene rings is 2. The highest BCUT2D eigenvalue weighted by Gasteiger charge is 2.45. The molecule has 3 fully saturated rings. The van der Waals surface area contributed by atoms with E-state index in [1.54, 1.807) is 39.6 Å². The average molecular weight is 859 g/mol. The van der Waals surface area contributed by atoms with Crippen LogP contribution in [0.2, 0.25) is 0 Å². The smallest absolute Gasteiger partial charge is 0.485 e. The van der Waals surface area contributed by atoms with Gasteiger partial charge in [0.05, 0.1) is 36.3 Å². The first kappa shape index (κ1) is 42.7. The maximum atomic E-state index is 13.6. The number of aryl methyl sites for hydroxylation is 1. The van der Waals surface area contributed by atoms with E-state index in [1.807, 2.05) is 18.2 Å². The predicted octanol–water partition coefficient (Wildman–Crippen LogP) is 4.40. The van der Waals surface area contributed by atoms with Crippen LogP contribution in [0.1, 0.15) is 58.4 Å². The summed E-state index contributed by atoms with van der Waals surface area (Å²) in [5.41, 5.74) is 3.05. The number of piperidine rings is 2. The Labute approximate surface area is 355 Å². The summed E-state index contributed by atoms with van der Waals surface area (Å²) in [7, 11) is 5.61. The van der Waals surface area contributed by atoms with Crippen molar-refractivity contribution in [1.29, 1.82) is 0 Å². The Morgan fingerprint density at radius 1 is 0.823 bits per heavy atom. The van der Waals surface area contributed by atoms with Gasteiger partial charge in [0.25, 0.3) is 17.4 Å². The van der Waals surface area contributed by atoms with Gasteiger partial charge in [-0.15, -0.1) is 0 Å². The summed E-state index contributed by atoms with van der Waals surface area (Å²) in [5, 5.41) is 2.74. The fourth-order valence-electron chi connectivity index (χ4n) is 9.08. The van der Waals surface area contributed by atoms with Gasteiger partial charge in [0.15, 0.2) is 0 Å². The SMILES string of the molecule is COc1cc(-c2cn(C)c(=O)c3cnc(N(C)C(F)(F)F)cc23)cc(OC)c1CN1CCN(CCC2CCN(c3ccc4c(c3)C(=O)N(C3CCC(=O)NC3=O)C4=O)CC2)CC1. The summed E-state index contributed by atoms with van der Waals surface area (Å²) in [6, 6.07) is 9.23. The first-order chi connectivity index (χ1) is 29.6. The Balaban J connectivity index is 0.861. The number of imide groups is 2. The van der Waals surface area contributed by atoms with Gasteiger partial charge in [-0.3, -0.25) is 44.0 Å². The third-order valence-corrected chi connectivity index (χ3v) is 12.8. The molecule has 1 unspecified atom stereocenters. The minimum absolute atomic E-state index is 0.0751. The van der Waals surface area contributed by atoms with E-state index in [0.717, 1.165) is 88.3 Å². The fourth-order valence-corrected chi connectivity index (χ4v) is 9.08. The molecule has 1 atom stereocenters. The standard InChI is InChI=1S/C44H49F3N8O7/c1-50-24-33(30-22-38(51(2)44(45,46)47)48-23-32(30)41(50)58)27-19-36(61-3)34(37(20-27)62-4)25-53-17-15-52(16-18-53)12-9-26-10-13-54(14-11-26)28-5-6-29-31(21-28)43(60)55(42(29)59)35-7-8-39(56)49-40(35)57/h5-6,19-24,26,35H,7-18,25H2,1-4H3,(H,49,56,57). The van der Waals surface area contributed by atoms with Gasteiger partial charge >= 0.3 is 6.30 Å². The number of hydrogen-bond acceptors (Lipinski definition) is 12. The molecule has 0 bridgehead atoms. The van der Waals surface area contributed by atoms with Gasteiger partial charge in [0, 0.05) is 95.4 Å². The zero-order valence-corrected chi connectivity index (χ0v) is 35.1. The Morgan fingerprint density at radius 2 is 1.48 bits per heavy atom. The number of amides is 4. The summed E-state index contributed by atoms with van der Waals surface area (Å²) in [4.78, 5) is 75.7. The highest BCUT2D eigenvalue weighted by molar-refractivity contribution is 6.23. The molecule has 4 aliphatic heterocycles. The van der Waals surface area contributed by atoms with Crippen molar-refractivity contribution in [3.8, 4) is 22.6 Å². The van der Waals surface area contributed by atoms with Gasteiger partial charge in [0.1, 0.15) is 23.4 Å². The quantitative estimate of drug-likeness (QED) is 0.168. The number of pyridine rings is 2. The molecule has 0 saturated carbocycles. The summed E-state index contributed by atoms with van der Waals surface area (Å²) in [5.74, 6) is -0.705. The second-order valence-electron chi connectivity index (χ2n) is 16.4. The van der Waals surface area contributed by atoms with Crippen molar-refractivity contribution in [3.63, 3.8) is 0 Å². The molecule has 4 aliphatic rings. The number of piperazine rings is 1. The molecule has 15 nitrogen and oxygen atoms in total. The lowest BCUT2D eigenvalue weighted by Crippen LogP contribution is -2.54. The van der Waals surface area contributed by atoms with E-state index in [1.165, 1.54) is 16.8 Å². The zero-order chi connectivity index (χ0) is 44.0. The minimum Gasteiger partial charge on any atom is -0.496 e. The van der Waals surface area contributed by atoms with Gasteiger partial charge < -0.3 is 23.8 Å². The zero-order valence-electron chi connectivity index (χ0n) is 35.1. The van der Waals surface area contributed by atoms with Crippen LogP contribution in [0.4, 0.5) is 24.7 Å². The van der Waals surface area contributed by atoms with E-state index in [2.05, 4.69) is 25.0 Å². The van der Waals surface area contributed by atoms with E-state index in [4.69, 9.17) is 9.47 Å². The molecule has 3 saturated heterocycles. The van der Waals surface area contributed by atoms with Crippen molar-refractivity contribution >= 4 is 45.9 Å². The van der Waals surface area contributed by atoms with E-state index < -0.39 is 36.0 Å². The van der Waals surface area contributed by atoms with E-state index in [9.17, 15) is 37.1 Å². The third-order valence-electron chi connectivity index (χ3n) is 12.8. The van der Waals surface area contributed by atoms with Gasteiger partial charge in [-0.2, -0.15) is 13.2 Å². The Kier molecular flexibility index (Phi) is 11.7. The number of nitrogens with one attached hydrogen (secondary N) is 1. The van der Waals surface area contributed by atoms with E-state index in [0.29, 0.717) is 40.5 Å². The molecule has 0 aliphatic carbocycles. The lowest BCUT2D eigenvalue weighted by Gasteiger charge is -2.37. The number of ether oxygens (including phenoxy) is 2. The number of fused-ring (bicyclic) bond motifs is 2. The highest BCUT2D eigenvalue weighted by atomic mass is 19.4. The predicted molar refractivity (Wildman–Crippen MR) is 224 cm³/mol. The lowest BCUT2D eigenvalue weighted by molar-refractivity contribution is -0.136. The first-order valence-electron chi connectivity index (χ1n) is 20.8. The summed E-state index contributed by atoms with van der Waals surface area (Å²) in [6.45, 7) is 6.65. The number of aromatic nitrogens is 2. The topological polar surface area (TPSA) is 150 Å². The van der Waals surface area contributed by atoms with Crippen LogP contribution in [0.5, 0.6) is 11.5 Å². The molecule has 2 aromatic heterocycles. The highest BCUT2D eigenvalue weighted by Crippen LogP contribution is 2.39. The lowest BCUT2D eigenvalue weighted by atomic mass is 9.92. The van der Waals surface area contributed by atoms with Crippen molar-refractivity contribution < 1.29 is 41.8 Å². The van der Waals surface area contributed by atoms with Crippen LogP contribution in [0.3, 0.4) is 0 Å². The molecule has 4 aromatic rings. The number of hydrogen-bond donors (Lipinski definition) is 1. The van der Waals surface area contributed by atoms with Crippen molar-refractivity contribution in [2.24, 2.45) is 13.0 Å². The van der Waals surface area contributed by atoms with Crippen LogP contribution in [0.15, 0.2) is 53.6 Å². The molecule has 1 N–H and O–H groups in total. The fraction of sp³-hybridized carbons (Fsp3) is 0.455. The third kappa shape index (κ3) is 8.20. The average Bonchev–Trinajstić information content (AvgIpc) is 3.51. The largest absolute Gasteiger partial charge is 0.496 e. The van der Waals surface area contributed by atoms with Crippen LogP contribution < -0.4 is 30.1 Å². The molecular formula is C44H49F3N8O7. The van der Waals surface area contributed by atoms with Gasteiger partial charge in [-0.1, -0.05) is 0 Å². The van der Waals surface area contributed by atoms with Crippen LogP contribution in [0.25, 0.3) is 21.9 Å². The Bertz CT molecular complexity index is 2470. The van der Waals surface area contributed by atoms with Gasteiger partial charge in [0.2, 0.25) is 11.8 Å². The maximum absolute atomic E-state index is 13.6. The van der Waals surface area contributed by atoms with Crippen LogP contribution in [0, 0.1) is 5.92 Å². The normalized spacial score (nSPS) is 19.3. The number of alkyl halides is 3. The number of rotatable bonds is 11. The van der Waals surface area contributed by atoms with Crippen molar-refractivity contribution in [3.05, 3.63) is 75.8 Å². The number of halogens is 3. The second kappa shape index (κ2) is 17.0. The number of carbonyl (C=O) groups excluding carboxylic acids is 4. The Morgan fingerprint density at radius 3 is 2.13 bits per heavy atom. The van der Waals surface area contributed by atoms with E-state index in [-0.39, 0.29) is 45.6 Å². The molecule has 328 valence electrons. The maximum Gasteiger partial charge on any atom is 0.485 e. The molecule has 6 heterocycles. The number of carbonyl (C=O) groups is 4. The summed E-state index contributed by atoms with van der Waals surface area (Å²) >= 11 is 0. The minimum atomic E-state index is -4.66. The first-order valence-corrected chi connectivity index (χ1v) is 20.8. The molecular weight excluding hydrogens is 810 g/mol. The van der Waals surface area contributed by atoms with Crippen molar-refractivity contribution in [1.82, 2.24) is 29.6 Å². The Hall–Kier alpha value is -6.01. The molecule has 62 heavy (non-hydrogen) atoms. The molecule has 2 aromatic carbocycles. The van der Waals surface area contributed by atoms with Crippen LogP contribution in [-0.2, 0) is 23.2 Å². The van der Waals surface area contributed by atoms with Crippen molar-refractivity contribution in [2.45, 2.75) is 51.0 Å². The van der Waals surface area contributed by atoms with Crippen LogP contribution >= 0.6 is 0 Å². The molecule has 0 spiro atoms. The van der Waals surface area contributed by atoms with E-state index >= 15 is 0 Å². The molecule has 18 heteroatoms. The van der Waals surface area contributed by atoms with Crippen molar-refractivity contribution in [2.75, 3.05) is 76.9 Å². The second-order valence-corrected chi connectivity index (χ2v) is 16.4. The van der Waals surface area contributed by atoms with Crippen LogP contribution in [-0.4, -0.2) is 127 Å². The van der Waals surface area contributed by atoms with Gasteiger partial charge in [-0.05, 0) is 80.1 Å². The number of anilines is 2. The summed E-state index contributed by atoms with van der Waals surface area (Å²) < 4.78 is 53.9. The van der Waals surface area contributed by atoms with Gasteiger partial charge in [-0.25, -0.2) is 4.98 Å². The molecule has 0 radical (unpaired) electrons. The number of methoxy groups -OCH3 is 2. The monoisotopic (exact) mass is 858 g/mol. The summed E-state index contributed by atoms with van der Waals surface area (Å²) in [6.07, 6.45) is 1.38. The number of nitrogens with zero attached hydrogens (tertiary/aromatic N) is 7. The molecule has 8 rings (SSSR count). The molecule has 4 amide bonds.